The molecule has 0 amide bonds. The number of sulfonamides is 1. The van der Waals surface area contributed by atoms with Gasteiger partial charge < -0.3 is 5.32 Å². The van der Waals surface area contributed by atoms with E-state index in [-0.39, 0.29) is 11.8 Å². The van der Waals surface area contributed by atoms with E-state index in [9.17, 15) is 8.42 Å². The van der Waals surface area contributed by atoms with Gasteiger partial charge in [0.25, 0.3) is 0 Å². The van der Waals surface area contributed by atoms with E-state index in [1.165, 1.54) is 18.4 Å². The molecule has 3 N–H and O–H groups in total. The second-order valence-electron chi connectivity index (χ2n) is 4.89. The molecular weight excluding hydrogens is 260 g/mol. The maximum atomic E-state index is 10.8. The molecule has 0 aliphatic carbocycles. The lowest BCUT2D eigenvalue weighted by Crippen LogP contribution is -2.28. The highest BCUT2D eigenvalue weighted by molar-refractivity contribution is 7.89. The molecule has 1 aromatic carbocycles. The summed E-state index contributed by atoms with van der Waals surface area (Å²) in [5.41, 5.74) is 2.51. The van der Waals surface area contributed by atoms with Crippen LogP contribution in [-0.4, -0.2) is 20.7 Å². The van der Waals surface area contributed by atoms with Gasteiger partial charge in [-0.3, -0.25) is 0 Å². The minimum Gasteiger partial charge on any atom is -0.309 e. The molecule has 0 bridgehead atoms. The van der Waals surface area contributed by atoms with Crippen molar-refractivity contribution in [2.75, 3.05) is 12.3 Å². The Hall–Kier alpha value is -0.910. The van der Waals surface area contributed by atoms with Crippen LogP contribution in [0.3, 0.4) is 0 Å². The number of benzene rings is 1. The second-order valence-corrected chi connectivity index (χ2v) is 6.62. The van der Waals surface area contributed by atoms with E-state index in [0.717, 1.165) is 12.0 Å². The molecular formula is C14H24N2O2S. The minimum atomic E-state index is -3.38. The van der Waals surface area contributed by atoms with Gasteiger partial charge >= 0.3 is 0 Å². The molecule has 108 valence electrons. The third-order valence-electron chi connectivity index (χ3n) is 3.14. The number of nitrogens with two attached hydrogens (primary N) is 1. The number of rotatable bonds is 8. The third kappa shape index (κ3) is 6.71. The molecule has 0 spiro atoms. The molecule has 4 nitrogen and oxygen atoms in total. The summed E-state index contributed by atoms with van der Waals surface area (Å²) in [5, 5.41) is 8.12. The molecule has 1 rings (SSSR count). The smallest absolute Gasteiger partial charge is 0.210 e. The van der Waals surface area contributed by atoms with Crippen LogP contribution in [-0.2, 0) is 16.4 Å². The summed E-state index contributed by atoms with van der Waals surface area (Å²) in [5.74, 6) is -0.0358. The highest BCUT2D eigenvalue weighted by atomic mass is 32.2. The standard InChI is InChI=1S/C14H24N2O2S/c1-3-4-5-13-6-8-14(9-7-13)12(2)16-10-11-19(15,17)18/h6-9,12,16H,3-5,10-11H2,1-2H3,(H2,15,17,18). The van der Waals surface area contributed by atoms with Crippen LogP contribution in [0.2, 0.25) is 0 Å². The molecule has 1 atom stereocenters. The highest BCUT2D eigenvalue weighted by Gasteiger charge is 2.07. The van der Waals surface area contributed by atoms with Gasteiger partial charge in [-0.05, 0) is 30.9 Å². The predicted molar refractivity (Wildman–Crippen MR) is 79.4 cm³/mol. The van der Waals surface area contributed by atoms with Crippen LogP contribution >= 0.6 is 0 Å². The summed E-state index contributed by atoms with van der Waals surface area (Å²) in [6, 6.07) is 8.60. The molecule has 1 aromatic rings. The molecule has 19 heavy (non-hydrogen) atoms. The number of hydrogen-bond acceptors (Lipinski definition) is 3. The van der Waals surface area contributed by atoms with Crippen molar-refractivity contribution >= 4 is 10.0 Å². The van der Waals surface area contributed by atoms with Gasteiger partial charge in [-0.25, -0.2) is 13.6 Å². The van der Waals surface area contributed by atoms with Crippen molar-refractivity contribution in [1.82, 2.24) is 5.32 Å². The van der Waals surface area contributed by atoms with E-state index in [2.05, 4.69) is 36.5 Å². The quantitative estimate of drug-likeness (QED) is 0.766. The van der Waals surface area contributed by atoms with Gasteiger partial charge in [-0.1, -0.05) is 37.6 Å². The van der Waals surface area contributed by atoms with Crippen molar-refractivity contribution in [3.05, 3.63) is 35.4 Å². The number of primary sulfonamides is 1. The lowest BCUT2D eigenvalue weighted by molar-refractivity contribution is 0.573. The van der Waals surface area contributed by atoms with E-state index in [0.29, 0.717) is 6.54 Å². The number of hydrogen-bond donors (Lipinski definition) is 2. The number of aryl methyl sites for hydroxylation is 1. The zero-order chi connectivity index (χ0) is 14.3. The highest BCUT2D eigenvalue weighted by Crippen LogP contribution is 2.14. The first kappa shape index (κ1) is 16.1. The molecule has 5 heteroatoms. The lowest BCUT2D eigenvalue weighted by atomic mass is 10.0. The summed E-state index contributed by atoms with van der Waals surface area (Å²) < 4.78 is 21.7. The second kappa shape index (κ2) is 7.62. The molecule has 0 aliphatic heterocycles. The topological polar surface area (TPSA) is 72.2 Å². The van der Waals surface area contributed by atoms with Crippen LogP contribution in [0.25, 0.3) is 0 Å². The Balaban J connectivity index is 2.46. The van der Waals surface area contributed by atoms with Gasteiger partial charge in [0.2, 0.25) is 10.0 Å². The SMILES string of the molecule is CCCCc1ccc(C(C)NCCS(N)(=O)=O)cc1. The molecule has 0 saturated heterocycles. The van der Waals surface area contributed by atoms with E-state index in [1.54, 1.807) is 0 Å². The average molecular weight is 284 g/mol. The number of unbranched alkanes of at least 4 members (excludes halogenated alkanes) is 1. The zero-order valence-corrected chi connectivity index (χ0v) is 12.5. The van der Waals surface area contributed by atoms with E-state index in [4.69, 9.17) is 5.14 Å². The van der Waals surface area contributed by atoms with Gasteiger partial charge in [0, 0.05) is 12.6 Å². The van der Waals surface area contributed by atoms with Crippen molar-refractivity contribution < 1.29 is 8.42 Å². The Morgan fingerprint density at radius 3 is 2.42 bits per heavy atom. The first-order valence-electron chi connectivity index (χ1n) is 6.75. The van der Waals surface area contributed by atoms with E-state index in [1.807, 2.05) is 6.92 Å². The van der Waals surface area contributed by atoms with E-state index < -0.39 is 10.0 Å². The molecule has 0 radical (unpaired) electrons. The molecule has 0 aromatic heterocycles. The normalized spacial score (nSPS) is 13.4. The van der Waals surface area contributed by atoms with Gasteiger partial charge in [0.15, 0.2) is 0 Å². The summed E-state index contributed by atoms with van der Waals surface area (Å²) in [4.78, 5) is 0. The Bertz CT molecular complexity index is 469. The van der Waals surface area contributed by atoms with Gasteiger partial charge in [0.1, 0.15) is 0 Å². The van der Waals surface area contributed by atoms with Gasteiger partial charge in [-0.15, -0.1) is 0 Å². The lowest BCUT2D eigenvalue weighted by Gasteiger charge is -2.14. The number of nitrogens with one attached hydrogen (secondary N) is 1. The molecule has 0 saturated carbocycles. The monoisotopic (exact) mass is 284 g/mol. The van der Waals surface area contributed by atoms with Crippen LogP contribution in [0, 0.1) is 0 Å². The van der Waals surface area contributed by atoms with Crippen LogP contribution in [0.15, 0.2) is 24.3 Å². The fraction of sp³-hybridized carbons (Fsp3) is 0.571. The van der Waals surface area contributed by atoms with Gasteiger partial charge in [-0.2, -0.15) is 0 Å². The summed E-state index contributed by atoms with van der Waals surface area (Å²) in [6.07, 6.45) is 3.53. The predicted octanol–water partition coefficient (Wildman–Crippen LogP) is 1.97. The summed E-state index contributed by atoms with van der Waals surface area (Å²) in [6.45, 7) is 4.58. The van der Waals surface area contributed by atoms with Crippen LogP contribution in [0.4, 0.5) is 0 Å². The fourth-order valence-electron chi connectivity index (χ4n) is 1.89. The summed E-state index contributed by atoms with van der Waals surface area (Å²) in [7, 11) is -3.38. The van der Waals surface area contributed by atoms with E-state index >= 15 is 0 Å². The molecule has 0 fully saturated rings. The summed E-state index contributed by atoms with van der Waals surface area (Å²) >= 11 is 0. The van der Waals surface area contributed by atoms with Crippen molar-refractivity contribution in [2.24, 2.45) is 5.14 Å². The largest absolute Gasteiger partial charge is 0.309 e. The maximum Gasteiger partial charge on any atom is 0.210 e. The average Bonchev–Trinajstić information content (AvgIpc) is 2.35. The third-order valence-corrected chi connectivity index (χ3v) is 3.91. The van der Waals surface area contributed by atoms with Crippen LogP contribution in [0.5, 0.6) is 0 Å². The van der Waals surface area contributed by atoms with Gasteiger partial charge in [0.05, 0.1) is 5.75 Å². The Morgan fingerprint density at radius 1 is 1.26 bits per heavy atom. The van der Waals surface area contributed by atoms with Crippen molar-refractivity contribution in [2.45, 2.75) is 39.2 Å². The fourth-order valence-corrected chi connectivity index (χ4v) is 2.29. The van der Waals surface area contributed by atoms with Crippen LogP contribution < -0.4 is 10.5 Å². The van der Waals surface area contributed by atoms with Crippen molar-refractivity contribution in [3.63, 3.8) is 0 Å². The maximum absolute atomic E-state index is 10.8. The van der Waals surface area contributed by atoms with Crippen molar-refractivity contribution in [3.8, 4) is 0 Å². The zero-order valence-electron chi connectivity index (χ0n) is 11.7. The minimum absolute atomic E-state index is 0.0358. The molecule has 0 aliphatic rings. The Labute approximate surface area is 116 Å². The van der Waals surface area contributed by atoms with Crippen molar-refractivity contribution in [1.29, 1.82) is 0 Å². The van der Waals surface area contributed by atoms with Crippen LogP contribution in [0.1, 0.15) is 43.9 Å². The Morgan fingerprint density at radius 2 is 1.89 bits per heavy atom. The first-order chi connectivity index (χ1) is 8.92. The molecule has 1 unspecified atom stereocenters. The Kier molecular flexibility index (Phi) is 6.48. The first-order valence-corrected chi connectivity index (χ1v) is 8.46. The molecule has 0 heterocycles.